The maximum absolute atomic E-state index is 12.9. The van der Waals surface area contributed by atoms with Crippen LogP contribution in [0.2, 0.25) is 0 Å². The van der Waals surface area contributed by atoms with Crippen LogP contribution in [0.15, 0.2) is 60.8 Å². The number of amides is 1. The first-order chi connectivity index (χ1) is 12.8. The molecular formula is C23H26N2O2. The number of rotatable bonds is 6. The third-order valence-electron chi connectivity index (χ3n) is 4.64. The molecule has 27 heavy (non-hydrogen) atoms. The van der Waals surface area contributed by atoms with Crippen molar-refractivity contribution >= 4 is 16.8 Å². The van der Waals surface area contributed by atoms with Crippen LogP contribution in [0.4, 0.5) is 0 Å². The third kappa shape index (κ3) is 4.85. The van der Waals surface area contributed by atoms with Gasteiger partial charge in [0.05, 0.1) is 11.1 Å². The van der Waals surface area contributed by atoms with Gasteiger partial charge in [-0.25, -0.2) is 0 Å². The third-order valence-corrected chi connectivity index (χ3v) is 4.64. The number of benzene rings is 2. The molecule has 4 nitrogen and oxygen atoms in total. The summed E-state index contributed by atoms with van der Waals surface area (Å²) in [5.41, 5.74) is 2.08. The van der Waals surface area contributed by atoms with Gasteiger partial charge >= 0.3 is 0 Å². The summed E-state index contributed by atoms with van der Waals surface area (Å²) in [5, 5.41) is 13.7. The molecule has 0 bridgehead atoms. The molecule has 0 spiro atoms. The van der Waals surface area contributed by atoms with Crippen molar-refractivity contribution in [1.29, 1.82) is 0 Å². The smallest absolute Gasteiger partial charge is 0.253 e. The van der Waals surface area contributed by atoms with Crippen molar-refractivity contribution < 1.29 is 9.90 Å². The highest BCUT2D eigenvalue weighted by Crippen LogP contribution is 2.24. The average Bonchev–Trinajstić information content (AvgIpc) is 2.60. The lowest BCUT2D eigenvalue weighted by atomic mass is 9.84. The van der Waals surface area contributed by atoms with E-state index in [0.717, 1.165) is 23.7 Å². The van der Waals surface area contributed by atoms with Gasteiger partial charge in [0, 0.05) is 17.1 Å². The number of hydrogen-bond donors (Lipinski definition) is 2. The quantitative estimate of drug-likeness (QED) is 0.667. The lowest BCUT2D eigenvalue weighted by Crippen LogP contribution is -2.48. The minimum atomic E-state index is -0.361. The fourth-order valence-electron chi connectivity index (χ4n) is 3.70. The van der Waals surface area contributed by atoms with Crippen LogP contribution in [0.1, 0.15) is 43.1 Å². The molecule has 0 aliphatic heterocycles. The first kappa shape index (κ1) is 18.9. The van der Waals surface area contributed by atoms with Crippen LogP contribution < -0.4 is 5.32 Å². The van der Waals surface area contributed by atoms with E-state index in [0.29, 0.717) is 11.5 Å². The largest absolute Gasteiger partial charge is 0.508 e. The number of aromatic hydroxyl groups is 1. The maximum Gasteiger partial charge on any atom is 0.253 e. The SMILES string of the molecule is CC(C)CC(C)(Cc1ccccc1)NC(=O)c1cnc2ccc(O)cc2c1. The van der Waals surface area contributed by atoms with Crippen LogP contribution in [-0.2, 0) is 6.42 Å². The van der Waals surface area contributed by atoms with Crippen molar-refractivity contribution in [3.8, 4) is 5.75 Å². The Labute approximate surface area is 160 Å². The van der Waals surface area contributed by atoms with E-state index in [-0.39, 0.29) is 17.2 Å². The second kappa shape index (κ2) is 7.78. The summed E-state index contributed by atoms with van der Waals surface area (Å²) >= 11 is 0. The molecule has 140 valence electrons. The van der Waals surface area contributed by atoms with Gasteiger partial charge in [0.25, 0.3) is 5.91 Å². The monoisotopic (exact) mass is 362 g/mol. The molecule has 0 saturated heterocycles. The van der Waals surface area contributed by atoms with Crippen LogP contribution in [0, 0.1) is 5.92 Å². The predicted molar refractivity (Wildman–Crippen MR) is 109 cm³/mol. The minimum absolute atomic E-state index is 0.146. The van der Waals surface area contributed by atoms with E-state index in [1.165, 1.54) is 5.56 Å². The van der Waals surface area contributed by atoms with Crippen molar-refractivity contribution in [3.05, 3.63) is 71.9 Å². The van der Waals surface area contributed by atoms with Gasteiger partial charge in [-0.05, 0) is 55.5 Å². The lowest BCUT2D eigenvalue weighted by molar-refractivity contribution is 0.0894. The standard InChI is InChI=1S/C23H26N2O2/c1-16(2)13-23(3,14-17-7-5-4-6-8-17)25-22(27)19-11-18-12-20(26)9-10-21(18)24-15-19/h4-12,15-16,26H,13-14H2,1-3H3,(H,25,27). The number of carbonyl (C=O) groups is 1. The molecule has 1 heterocycles. The van der Waals surface area contributed by atoms with Gasteiger partial charge in [-0.2, -0.15) is 0 Å². The molecule has 3 rings (SSSR count). The topological polar surface area (TPSA) is 62.2 Å². The normalized spacial score (nSPS) is 13.5. The fraction of sp³-hybridized carbons (Fsp3) is 0.304. The Hall–Kier alpha value is -2.88. The Balaban J connectivity index is 1.85. The summed E-state index contributed by atoms with van der Waals surface area (Å²) in [4.78, 5) is 17.3. The molecule has 2 aromatic carbocycles. The van der Waals surface area contributed by atoms with Crippen LogP contribution >= 0.6 is 0 Å². The van der Waals surface area contributed by atoms with Crippen LogP contribution in [-0.4, -0.2) is 21.5 Å². The number of fused-ring (bicyclic) bond motifs is 1. The van der Waals surface area contributed by atoms with Crippen LogP contribution in [0.3, 0.4) is 0 Å². The molecule has 1 aromatic heterocycles. The summed E-state index contributed by atoms with van der Waals surface area (Å²) in [6.07, 6.45) is 3.22. The zero-order valence-electron chi connectivity index (χ0n) is 16.1. The van der Waals surface area contributed by atoms with Crippen LogP contribution in [0.25, 0.3) is 10.9 Å². The molecular weight excluding hydrogens is 336 g/mol. The Morgan fingerprint density at radius 1 is 1.15 bits per heavy atom. The second-order valence-electron chi connectivity index (χ2n) is 7.88. The molecule has 0 aliphatic carbocycles. The molecule has 0 fully saturated rings. The molecule has 1 amide bonds. The first-order valence-electron chi connectivity index (χ1n) is 9.30. The zero-order valence-corrected chi connectivity index (χ0v) is 16.1. The highest BCUT2D eigenvalue weighted by Gasteiger charge is 2.28. The molecule has 2 N–H and O–H groups in total. The number of phenolic OH excluding ortho intramolecular Hbond substituents is 1. The van der Waals surface area contributed by atoms with Crippen LogP contribution in [0.5, 0.6) is 5.75 Å². The predicted octanol–water partition coefficient (Wildman–Crippen LogP) is 4.72. The second-order valence-corrected chi connectivity index (χ2v) is 7.88. The number of nitrogens with zero attached hydrogens (tertiary/aromatic N) is 1. The van der Waals surface area contributed by atoms with Gasteiger partial charge in [-0.1, -0.05) is 44.2 Å². The van der Waals surface area contributed by atoms with E-state index in [1.54, 1.807) is 30.5 Å². The molecule has 0 aliphatic rings. The van der Waals surface area contributed by atoms with Gasteiger partial charge in [0.15, 0.2) is 0 Å². The molecule has 1 atom stereocenters. The number of pyridine rings is 1. The fourth-order valence-corrected chi connectivity index (χ4v) is 3.70. The van der Waals surface area contributed by atoms with Crippen molar-refractivity contribution in [2.45, 2.75) is 39.2 Å². The zero-order chi connectivity index (χ0) is 19.4. The van der Waals surface area contributed by atoms with Crippen molar-refractivity contribution in [1.82, 2.24) is 10.3 Å². The summed E-state index contributed by atoms with van der Waals surface area (Å²) in [5.74, 6) is 0.466. The lowest BCUT2D eigenvalue weighted by Gasteiger charge is -2.33. The molecule has 4 heteroatoms. The van der Waals surface area contributed by atoms with Crippen molar-refractivity contribution in [3.63, 3.8) is 0 Å². The van der Waals surface area contributed by atoms with Gasteiger partial charge < -0.3 is 10.4 Å². The highest BCUT2D eigenvalue weighted by molar-refractivity contribution is 5.97. The number of hydrogen-bond acceptors (Lipinski definition) is 3. The Kier molecular flexibility index (Phi) is 5.45. The summed E-state index contributed by atoms with van der Waals surface area (Å²) in [6, 6.07) is 16.9. The first-order valence-corrected chi connectivity index (χ1v) is 9.30. The molecule has 1 unspecified atom stereocenters. The minimum Gasteiger partial charge on any atom is -0.508 e. The number of nitrogens with one attached hydrogen (secondary N) is 1. The summed E-state index contributed by atoms with van der Waals surface area (Å²) in [6.45, 7) is 6.42. The van der Waals surface area contributed by atoms with E-state index in [2.05, 4.69) is 43.2 Å². The van der Waals surface area contributed by atoms with E-state index in [9.17, 15) is 9.90 Å². The number of aromatic nitrogens is 1. The van der Waals surface area contributed by atoms with E-state index in [4.69, 9.17) is 0 Å². The van der Waals surface area contributed by atoms with E-state index >= 15 is 0 Å². The highest BCUT2D eigenvalue weighted by atomic mass is 16.3. The Bertz CT molecular complexity index is 938. The average molecular weight is 362 g/mol. The number of phenols is 1. The molecule has 0 radical (unpaired) electrons. The van der Waals surface area contributed by atoms with E-state index in [1.807, 2.05) is 18.2 Å². The molecule has 0 saturated carbocycles. The van der Waals surface area contributed by atoms with Gasteiger partial charge in [-0.3, -0.25) is 9.78 Å². The van der Waals surface area contributed by atoms with Gasteiger partial charge in [0.2, 0.25) is 0 Å². The van der Waals surface area contributed by atoms with Crippen molar-refractivity contribution in [2.75, 3.05) is 0 Å². The molecule has 3 aromatic rings. The Morgan fingerprint density at radius 2 is 1.89 bits per heavy atom. The maximum atomic E-state index is 12.9. The summed E-state index contributed by atoms with van der Waals surface area (Å²) in [7, 11) is 0. The summed E-state index contributed by atoms with van der Waals surface area (Å²) < 4.78 is 0. The van der Waals surface area contributed by atoms with Gasteiger partial charge in [-0.15, -0.1) is 0 Å². The van der Waals surface area contributed by atoms with Gasteiger partial charge in [0.1, 0.15) is 5.75 Å². The van der Waals surface area contributed by atoms with E-state index < -0.39 is 0 Å². The number of carbonyl (C=O) groups excluding carboxylic acids is 1. The van der Waals surface area contributed by atoms with Crippen molar-refractivity contribution in [2.24, 2.45) is 5.92 Å². The Morgan fingerprint density at radius 3 is 2.59 bits per heavy atom.